The molecule has 0 aliphatic carbocycles. The van der Waals surface area contributed by atoms with Gasteiger partial charge in [0.15, 0.2) is 0 Å². The highest BCUT2D eigenvalue weighted by Crippen LogP contribution is 2.33. The van der Waals surface area contributed by atoms with E-state index in [0.29, 0.717) is 0 Å². The monoisotopic (exact) mass is 247 g/mol. The van der Waals surface area contributed by atoms with Gasteiger partial charge in [0.1, 0.15) is 5.75 Å². The van der Waals surface area contributed by atoms with E-state index in [4.69, 9.17) is 4.74 Å². The number of hydrogen-bond acceptors (Lipinski definition) is 1. The maximum Gasteiger partial charge on any atom is 0.119 e. The predicted octanol–water partition coefficient (Wildman–Crippen LogP) is 4.48. The average molecular weight is 247 g/mol. The van der Waals surface area contributed by atoms with Gasteiger partial charge in [0, 0.05) is 21.8 Å². The molecule has 92 valence electrons. The first-order chi connectivity index (χ1) is 9.36. The lowest BCUT2D eigenvalue weighted by Gasteiger charge is -2.04. The van der Waals surface area contributed by atoms with Gasteiger partial charge in [-0.15, -0.1) is 0 Å². The van der Waals surface area contributed by atoms with Crippen molar-refractivity contribution in [2.75, 3.05) is 7.11 Å². The molecule has 0 atom stereocenters. The first-order valence-corrected chi connectivity index (χ1v) is 6.34. The zero-order chi connectivity index (χ0) is 12.8. The molecule has 1 N–H and O–H groups in total. The van der Waals surface area contributed by atoms with Gasteiger partial charge in [0.25, 0.3) is 0 Å². The Labute approximate surface area is 110 Å². The van der Waals surface area contributed by atoms with Gasteiger partial charge in [-0.2, -0.15) is 0 Å². The summed E-state index contributed by atoms with van der Waals surface area (Å²) in [5, 5.41) is 5.00. The smallest absolute Gasteiger partial charge is 0.119 e. The lowest BCUT2D eigenvalue weighted by atomic mass is 10.0. The summed E-state index contributed by atoms with van der Waals surface area (Å²) < 4.78 is 5.35. The summed E-state index contributed by atoms with van der Waals surface area (Å²) in [6, 6.07) is 18.9. The molecule has 2 heteroatoms. The average Bonchev–Trinajstić information content (AvgIpc) is 2.85. The molecule has 0 spiro atoms. The Morgan fingerprint density at radius 2 is 1.68 bits per heavy atom. The molecule has 0 saturated carbocycles. The molecule has 3 aromatic carbocycles. The quantitative estimate of drug-likeness (QED) is 0.527. The van der Waals surface area contributed by atoms with Crippen LogP contribution in [-0.4, -0.2) is 12.1 Å². The number of ether oxygens (including phenoxy) is 1. The number of fused-ring (bicyclic) bond motifs is 5. The molecule has 2 nitrogen and oxygen atoms in total. The standard InChI is InChI=1S/C17H13NO/c1-19-12-8-6-11-7-9-16-17(14(11)10-12)13-4-2-3-5-15(13)18-16/h2-10,18H,1H3. The molecule has 0 bridgehead atoms. The Bertz CT molecular complexity index is 905. The molecule has 0 amide bonds. The molecule has 0 unspecified atom stereocenters. The highest BCUT2D eigenvalue weighted by molar-refractivity contribution is 6.20. The van der Waals surface area contributed by atoms with Crippen LogP contribution in [0.15, 0.2) is 54.6 Å². The molecule has 0 saturated heterocycles. The Balaban J connectivity index is 2.27. The van der Waals surface area contributed by atoms with E-state index >= 15 is 0 Å². The fraction of sp³-hybridized carbons (Fsp3) is 0.0588. The molecule has 19 heavy (non-hydrogen) atoms. The third kappa shape index (κ3) is 1.43. The van der Waals surface area contributed by atoms with E-state index in [9.17, 15) is 0 Å². The fourth-order valence-electron chi connectivity index (χ4n) is 2.78. The lowest BCUT2D eigenvalue weighted by Crippen LogP contribution is -1.82. The van der Waals surface area contributed by atoms with E-state index in [-0.39, 0.29) is 0 Å². The van der Waals surface area contributed by atoms with Crippen LogP contribution in [-0.2, 0) is 0 Å². The van der Waals surface area contributed by atoms with Crippen molar-refractivity contribution >= 4 is 32.6 Å². The minimum atomic E-state index is 0.894. The Hall–Kier alpha value is -2.48. The van der Waals surface area contributed by atoms with Crippen molar-refractivity contribution in [3.8, 4) is 5.75 Å². The van der Waals surface area contributed by atoms with Crippen molar-refractivity contribution in [2.45, 2.75) is 0 Å². The topological polar surface area (TPSA) is 25.0 Å². The first-order valence-electron chi connectivity index (χ1n) is 6.34. The summed E-state index contributed by atoms with van der Waals surface area (Å²) in [5.74, 6) is 0.894. The van der Waals surface area contributed by atoms with Crippen molar-refractivity contribution in [3.05, 3.63) is 54.6 Å². The molecule has 4 aromatic rings. The second-order valence-electron chi connectivity index (χ2n) is 4.75. The van der Waals surface area contributed by atoms with E-state index in [1.54, 1.807) is 7.11 Å². The summed E-state index contributed by atoms with van der Waals surface area (Å²) >= 11 is 0. The van der Waals surface area contributed by atoms with E-state index < -0.39 is 0 Å². The highest BCUT2D eigenvalue weighted by Gasteiger charge is 2.08. The summed E-state index contributed by atoms with van der Waals surface area (Å²) in [6.07, 6.45) is 0. The number of methoxy groups -OCH3 is 1. The summed E-state index contributed by atoms with van der Waals surface area (Å²) in [6.45, 7) is 0. The van der Waals surface area contributed by atoms with Crippen molar-refractivity contribution in [1.82, 2.24) is 4.98 Å². The maximum atomic E-state index is 5.35. The summed E-state index contributed by atoms with van der Waals surface area (Å²) in [4.78, 5) is 3.47. The number of nitrogens with one attached hydrogen (secondary N) is 1. The maximum absolute atomic E-state index is 5.35. The van der Waals surface area contributed by atoms with Crippen LogP contribution in [0.2, 0.25) is 0 Å². The molecule has 4 rings (SSSR count). The van der Waals surface area contributed by atoms with E-state index in [2.05, 4.69) is 53.5 Å². The Morgan fingerprint density at radius 3 is 2.58 bits per heavy atom. The van der Waals surface area contributed by atoms with Gasteiger partial charge >= 0.3 is 0 Å². The zero-order valence-electron chi connectivity index (χ0n) is 10.6. The number of H-pyrrole nitrogens is 1. The van der Waals surface area contributed by atoms with E-state index in [1.807, 2.05) is 6.07 Å². The van der Waals surface area contributed by atoms with Crippen molar-refractivity contribution < 1.29 is 4.74 Å². The van der Waals surface area contributed by atoms with Gasteiger partial charge in [-0.3, -0.25) is 0 Å². The van der Waals surface area contributed by atoms with Crippen LogP contribution in [0.25, 0.3) is 32.6 Å². The van der Waals surface area contributed by atoms with Crippen LogP contribution in [0.4, 0.5) is 0 Å². The normalized spacial score (nSPS) is 11.4. The molecular formula is C17H13NO. The third-order valence-corrected chi connectivity index (χ3v) is 3.69. The predicted molar refractivity (Wildman–Crippen MR) is 79.9 cm³/mol. The number of aromatic amines is 1. The largest absolute Gasteiger partial charge is 0.497 e. The second kappa shape index (κ2) is 3.75. The SMILES string of the molecule is COc1ccc2ccc3[nH]c4ccccc4c3c2c1. The van der Waals surface area contributed by atoms with Gasteiger partial charge in [-0.1, -0.05) is 30.3 Å². The molecule has 1 heterocycles. The molecular weight excluding hydrogens is 234 g/mol. The van der Waals surface area contributed by atoms with Crippen molar-refractivity contribution in [1.29, 1.82) is 0 Å². The van der Waals surface area contributed by atoms with Crippen LogP contribution < -0.4 is 4.74 Å². The number of rotatable bonds is 1. The molecule has 0 fully saturated rings. The molecule has 1 aromatic heterocycles. The zero-order valence-corrected chi connectivity index (χ0v) is 10.6. The van der Waals surface area contributed by atoms with Crippen LogP contribution in [0.5, 0.6) is 5.75 Å². The van der Waals surface area contributed by atoms with Crippen molar-refractivity contribution in [3.63, 3.8) is 0 Å². The minimum absolute atomic E-state index is 0.894. The van der Waals surface area contributed by atoms with Crippen LogP contribution in [0.3, 0.4) is 0 Å². The fourth-order valence-corrected chi connectivity index (χ4v) is 2.78. The number of benzene rings is 3. The molecule has 0 aliphatic heterocycles. The van der Waals surface area contributed by atoms with Gasteiger partial charge in [0.2, 0.25) is 0 Å². The summed E-state index contributed by atoms with van der Waals surface area (Å²) in [5.41, 5.74) is 2.34. The van der Waals surface area contributed by atoms with Crippen molar-refractivity contribution in [2.24, 2.45) is 0 Å². The van der Waals surface area contributed by atoms with E-state index in [0.717, 1.165) is 5.75 Å². The summed E-state index contributed by atoms with van der Waals surface area (Å²) in [7, 11) is 1.70. The second-order valence-corrected chi connectivity index (χ2v) is 4.75. The molecule has 0 aliphatic rings. The first kappa shape index (κ1) is 10.4. The highest BCUT2D eigenvalue weighted by atomic mass is 16.5. The van der Waals surface area contributed by atoms with Gasteiger partial charge in [0.05, 0.1) is 7.11 Å². The Morgan fingerprint density at radius 1 is 0.842 bits per heavy atom. The number of para-hydroxylation sites is 1. The number of hydrogen-bond donors (Lipinski definition) is 1. The van der Waals surface area contributed by atoms with Crippen LogP contribution in [0, 0.1) is 0 Å². The lowest BCUT2D eigenvalue weighted by molar-refractivity contribution is 0.415. The third-order valence-electron chi connectivity index (χ3n) is 3.69. The van der Waals surface area contributed by atoms with Crippen LogP contribution in [0.1, 0.15) is 0 Å². The molecule has 0 radical (unpaired) electrons. The van der Waals surface area contributed by atoms with E-state index in [1.165, 1.54) is 32.6 Å². The van der Waals surface area contributed by atoms with Gasteiger partial charge in [-0.25, -0.2) is 0 Å². The van der Waals surface area contributed by atoms with Gasteiger partial charge < -0.3 is 9.72 Å². The number of aromatic nitrogens is 1. The minimum Gasteiger partial charge on any atom is -0.497 e. The Kier molecular flexibility index (Phi) is 2.06. The van der Waals surface area contributed by atoms with Crippen LogP contribution >= 0.6 is 0 Å². The van der Waals surface area contributed by atoms with Gasteiger partial charge in [-0.05, 0) is 35.0 Å².